The molecule has 0 bridgehead atoms. The van der Waals surface area contributed by atoms with Crippen molar-refractivity contribution in [2.75, 3.05) is 0 Å². The van der Waals surface area contributed by atoms with E-state index in [0.29, 0.717) is 5.38 Å². The van der Waals surface area contributed by atoms with E-state index in [4.69, 9.17) is 11.6 Å². The zero-order valence-corrected chi connectivity index (χ0v) is 4.41. The Balaban J connectivity index is 2.18. The van der Waals surface area contributed by atoms with Gasteiger partial charge in [0.2, 0.25) is 0 Å². The van der Waals surface area contributed by atoms with Crippen LogP contribution in [0.4, 0.5) is 0 Å². The summed E-state index contributed by atoms with van der Waals surface area (Å²) in [4.78, 5) is 0. The van der Waals surface area contributed by atoms with Crippen molar-refractivity contribution in [3.63, 3.8) is 0 Å². The highest BCUT2D eigenvalue weighted by Gasteiger charge is 2.09. The van der Waals surface area contributed by atoms with Gasteiger partial charge in [0.05, 0.1) is 0 Å². The van der Waals surface area contributed by atoms with Gasteiger partial charge in [0.15, 0.2) is 0 Å². The third kappa shape index (κ3) is 0.874. The third-order valence-electron chi connectivity index (χ3n) is 1.11. The Morgan fingerprint density at radius 1 is 1.67 bits per heavy atom. The molecule has 0 nitrogen and oxygen atoms in total. The van der Waals surface area contributed by atoms with Crippen LogP contribution in [0.15, 0.2) is 0 Å². The van der Waals surface area contributed by atoms with Crippen LogP contribution in [0.5, 0.6) is 0 Å². The maximum atomic E-state index is 5.68. The summed E-state index contributed by atoms with van der Waals surface area (Å²) in [5.41, 5.74) is 0. The Morgan fingerprint density at radius 3 is 2.67 bits per heavy atom. The van der Waals surface area contributed by atoms with E-state index in [0.717, 1.165) is 6.42 Å². The predicted molar refractivity (Wildman–Crippen MR) is 27.8 cm³/mol. The molecule has 0 aromatic heterocycles. The minimum absolute atomic E-state index is 0.463. The topological polar surface area (TPSA) is 0 Å². The molecule has 0 spiro atoms. The zero-order chi connectivity index (χ0) is 4.41. The van der Waals surface area contributed by atoms with E-state index in [9.17, 15) is 0 Å². The van der Waals surface area contributed by atoms with Crippen molar-refractivity contribution in [3.8, 4) is 0 Å². The quantitative estimate of drug-likeness (QED) is 0.412. The highest BCUT2D eigenvalue weighted by atomic mass is 35.5. The lowest BCUT2D eigenvalue weighted by Gasteiger charge is -1.88. The fourth-order valence-electron chi connectivity index (χ4n) is 0.715. The van der Waals surface area contributed by atoms with Gasteiger partial charge < -0.3 is 0 Å². The zero-order valence-electron chi connectivity index (χ0n) is 3.65. The lowest BCUT2D eigenvalue weighted by Crippen LogP contribution is -1.83. The molecular weight excluding hydrogens is 95.5 g/mol. The number of alkyl halides is 1. The van der Waals surface area contributed by atoms with Crippen LogP contribution in [-0.2, 0) is 0 Å². The molecule has 0 saturated heterocycles. The molecule has 0 aromatic rings. The molecule has 1 fully saturated rings. The summed E-state index contributed by atoms with van der Waals surface area (Å²) in [5.74, 6) is 0. The molecule has 1 rings (SSSR count). The molecule has 1 aliphatic carbocycles. The van der Waals surface area contributed by atoms with E-state index < -0.39 is 0 Å². The van der Waals surface area contributed by atoms with Crippen LogP contribution in [-0.4, -0.2) is 5.38 Å². The monoisotopic (exact) mass is 103 g/mol. The summed E-state index contributed by atoms with van der Waals surface area (Å²) in [6.45, 7) is 0. The standard InChI is InChI=1S/C5H8Cl/c6-5-3-1-2-4-5/h1,5H,2-4H2. The molecule has 0 aliphatic heterocycles. The molecule has 1 heteroatoms. The van der Waals surface area contributed by atoms with Crippen LogP contribution in [0, 0.1) is 6.42 Å². The highest BCUT2D eigenvalue weighted by molar-refractivity contribution is 6.20. The Labute approximate surface area is 43.5 Å². The van der Waals surface area contributed by atoms with Crippen molar-refractivity contribution < 1.29 is 0 Å². The van der Waals surface area contributed by atoms with E-state index in [1.807, 2.05) is 0 Å². The molecule has 1 radical (unpaired) electrons. The normalized spacial score (nSPS) is 25.5. The average molecular weight is 104 g/mol. The first-order valence-corrected chi connectivity index (χ1v) is 2.79. The Bertz CT molecular complexity index is 37.2. The summed E-state index contributed by atoms with van der Waals surface area (Å²) in [6.07, 6.45) is 5.80. The lowest BCUT2D eigenvalue weighted by atomic mass is 10.4. The molecule has 1 aliphatic rings. The second-order valence-corrected chi connectivity index (χ2v) is 2.32. The summed E-state index contributed by atoms with van der Waals surface area (Å²) >= 11 is 5.68. The molecule has 6 heavy (non-hydrogen) atoms. The third-order valence-corrected chi connectivity index (χ3v) is 1.50. The average Bonchev–Trinajstić information content (AvgIpc) is 1.86. The second-order valence-electron chi connectivity index (χ2n) is 1.70. The molecule has 1 unspecified atom stereocenters. The van der Waals surface area contributed by atoms with Gasteiger partial charge in [0, 0.05) is 5.38 Å². The van der Waals surface area contributed by atoms with Crippen LogP contribution in [0.3, 0.4) is 0 Å². The van der Waals surface area contributed by atoms with Crippen molar-refractivity contribution in [1.82, 2.24) is 0 Å². The van der Waals surface area contributed by atoms with Crippen LogP contribution in [0.2, 0.25) is 0 Å². The SMILES string of the molecule is ClC1C[CH]CC1. The smallest absolute Gasteiger partial charge is 0.0338 e. The van der Waals surface area contributed by atoms with E-state index in [2.05, 4.69) is 6.42 Å². The van der Waals surface area contributed by atoms with Gasteiger partial charge in [-0.15, -0.1) is 11.6 Å². The van der Waals surface area contributed by atoms with Crippen molar-refractivity contribution in [3.05, 3.63) is 6.42 Å². The van der Waals surface area contributed by atoms with Gasteiger partial charge in [0.25, 0.3) is 0 Å². The van der Waals surface area contributed by atoms with Crippen LogP contribution >= 0.6 is 11.6 Å². The molecule has 1 saturated carbocycles. The minimum Gasteiger partial charge on any atom is -0.123 e. The Morgan fingerprint density at radius 2 is 2.50 bits per heavy atom. The molecule has 0 amide bonds. The van der Waals surface area contributed by atoms with Gasteiger partial charge in [-0.2, -0.15) is 0 Å². The molecule has 1 atom stereocenters. The first-order valence-electron chi connectivity index (χ1n) is 2.35. The van der Waals surface area contributed by atoms with Gasteiger partial charge in [-0.05, 0) is 25.7 Å². The number of rotatable bonds is 0. The second kappa shape index (κ2) is 1.83. The van der Waals surface area contributed by atoms with Crippen molar-refractivity contribution in [1.29, 1.82) is 0 Å². The fraction of sp³-hybridized carbons (Fsp3) is 0.800. The van der Waals surface area contributed by atoms with Crippen molar-refractivity contribution in [2.24, 2.45) is 0 Å². The Hall–Kier alpha value is 0.290. The fourth-order valence-corrected chi connectivity index (χ4v) is 0.967. The van der Waals surface area contributed by atoms with Gasteiger partial charge in [-0.3, -0.25) is 0 Å². The van der Waals surface area contributed by atoms with Crippen molar-refractivity contribution >= 4 is 11.6 Å². The summed E-state index contributed by atoms with van der Waals surface area (Å²) in [6, 6.07) is 0. The molecule has 0 aromatic carbocycles. The minimum atomic E-state index is 0.463. The summed E-state index contributed by atoms with van der Waals surface area (Å²) in [5, 5.41) is 0.463. The lowest BCUT2D eigenvalue weighted by molar-refractivity contribution is 0.895. The van der Waals surface area contributed by atoms with Crippen LogP contribution in [0.25, 0.3) is 0 Å². The highest BCUT2D eigenvalue weighted by Crippen LogP contribution is 2.21. The summed E-state index contributed by atoms with van der Waals surface area (Å²) in [7, 11) is 0. The van der Waals surface area contributed by atoms with Gasteiger partial charge in [-0.25, -0.2) is 0 Å². The first kappa shape index (κ1) is 4.45. The predicted octanol–water partition coefficient (Wildman–Crippen LogP) is 1.98. The summed E-state index contributed by atoms with van der Waals surface area (Å²) < 4.78 is 0. The number of hydrogen-bond donors (Lipinski definition) is 0. The van der Waals surface area contributed by atoms with E-state index >= 15 is 0 Å². The van der Waals surface area contributed by atoms with Gasteiger partial charge in [-0.1, -0.05) is 0 Å². The van der Waals surface area contributed by atoms with Gasteiger partial charge in [0.1, 0.15) is 0 Å². The molecule has 0 N–H and O–H groups in total. The molecular formula is C5H8Cl. The number of halogens is 1. The maximum absolute atomic E-state index is 5.68. The number of hydrogen-bond acceptors (Lipinski definition) is 0. The van der Waals surface area contributed by atoms with Gasteiger partial charge >= 0.3 is 0 Å². The molecule has 35 valence electrons. The van der Waals surface area contributed by atoms with Crippen molar-refractivity contribution in [2.45, 2.75) is 24.6 Å². The maximum Gasteiger partial charge on any atom is 0.0338 e. The van der Waals surface area contributed by atoms with E-state index in [1.165, 1.54) is 12.8 Å². The van der Waals surface area contributed by atoms with E-state index in [-0.39, 0.29) is 0 Å². The van der Waals surface area contributed by atoms with Crippen LogP contribution in [0.1, 0.15) is 19.3 Å². The van der Waals surface area contributed by atoms with Crippen LogP contribution < -0.4 is 0 Å². The Kier molecular flexibility index (Phi) is 1.36. The largest absolute Gasteiger partial charge is 0.123 e. The van der Waals surface area contributed by atoms with E-state index in [1.54, 1.807) is 0 Å². The molecule has 0 heterocycles. The first-order chi connectivity index (χ1) is 2.89.